The Morgan fingerprint density at radius 3 is 2.56 bits per heavy atom. The third-order valence-corrected chi connectivity index (χ3v) is 5.74. The van der Waals surface area contributed by atoms with Crippen LogP contribution in [0.3, 0.4) is 0 Å². The minimum atomic E-state index is -1.34. The summed E-state index contributed by atoms with van der Waals surface area (Å²) in [5.41, 5.74) is 9.28. The largest absolute Gasteiger partial charge is 0.479 e. The van der Waals surface area contributed by atoms with E-state index >= 15 is 0 Å². The molecule has 0 bridgehead atoms. The second kappa shape index (κ2) is 11.3. The quantitative estimate of drug-likeness (QED) is 0.447. The molecule has 1 aliphatic heterocycles. The van der Waals surface area contributed by atoms with Crippen molar-refractivity contribution in [2.45, 2.75) is 26.0 Å². The van der Waals surface area contributed by atoms with Crippen LogP contribution in [0.15, 0.2) is 48.5 Å². The van der Waals surface area contributed by atoms with Crippen molar-refractivity contribution in [2.24, 2.45) is 5.73 Å². The highest BCUT2D eigenvalue weighted by Crippen LogP contribution is 2.35. The molecule has 4 rings (SSSR count). The molecule has 10 heteroatoms. The van der Waals surface area contributed by atoms with Gasteiger partial charge in [0.1, 0.15) is 5.75 Å². The van der Waals surface area contributed by atoms with Crippen molar-refractivity contribution < 1.29 is 32.9 Å². The summed E-state index contributed by atoms with van der Waals surface area (Å²) in [5, 5.41) is 9.21. The molecular formula is C26H27F2N3O5. The van der Waals surface area contributed by atoms with Gasteiger partial charge in [-0.3, -0.25) is 0 Å². The highest BCUT2D eigenvalue weighted by atomic mass is 19.1. The lowest BCUT2D eigenvalue weighted by Gasteiger charge is -2.29. The first-order chi connectivity index (χ1) is 17.4. The van der Waals surface area contributed by atoms with E-state index in [4.69, 9.17) is 19.9 Å². The number of hydrogen-bond donors (Lipinski definition) is 2. The monoisotopic (exact) mass is 499 g/mol. The Morgan fingerprint density at radius 1 is 1.11 bits per heavy atom. The number of benzene rings is 2. The first-order valence-corrected chi connectivity index (χ1v) is 11.6. The summed E-state index contributed by atoms with van der Waals surface area (Å²) in [6.45, 7) is 4.42. The summed E-state index contributed by atoms with van der Waals surface area (Å²) in [5.74, 6) is -4.38. The van der Waals surface area contributed by atoms with Crippen molar-refractivity contribution in [1.29, 1.82) is 0 Å². The normalized spacial score (nSPS) is 14.4. The molecule has 36 heavy (non-hydrogen) atoms. The number of carboxylic acids is 1. The van der Waals surface area contributed by atoms with Crippen molar-refractivity contribution in [3.63, 3.8) is 0 Å². The second-order valence-electron chi connectivity index (χ2n) is 8.24. The molecule has 1 fully saturated rings. The van der Waals surface area contributed by atoms with Crippen molar-refractivity contribution in [3.8, 4) is 28.6 Å². The molecule has 0 saturated carbocycles. The molecule has 0 spiro atoms. The molecule has 3 N–H and O–H groups in total. The molecular weight excluding hydrogens is 472 g/mol. The van der Waals surface area contributed by atoms with E-state index in [1.165, 1.54) is 0 Å². The van der Waals surface area contributed by atoms with Gasteiger partial charge in [0.2, 0.25) is 0 Å². The molecule has 0 aliphatic carbocycles. The molecule has 8 nitrogen and oxygen atoms in total. The lowest BCUT2D eigenvalue weighted by atomic mass is 10.0. The Bertz CT molecular complexity index is 1230. The van der Waals surface area contributed by atoms with E-state index in [0.717, 1.165) is 22.4 Å². The van der Waals surface area contributed by atoms with E-state index in [9.17, 15) is 18.7 Å². The van der Waals surface area contributed by atoms with Gasteiger partial charge in [0.25, 0.3) is 11.8 Å². The second-order valence-corrected chi connectivity index (χ2v) is 8.24. The molecule has 2 aromatic carbocycles. The molecule has 1 saturated heterocycles. The average Bonchev–Trinajstić information content (AvgIpc) is 2.89. The maximum Gasteiger partial charge on any atom is 0.344 e. The number of aliphatic carboxylic acids is 1. The van der Waals surface area contributed by atoms with Crippen LogP contribution in [-0.2, 0) is 16.1 Å². The first kappa shape index (κ1) is 25.3. The average molecular weight is 500 g/mol. The van der Waals surface area contributed by atoms with E-state index in [2.05, 4.69) is 9.88 Å². The Hall–Kier alpha value is -3.76. The Balaban J connectivity index is 1.72. The highest BCUT2D eigenvalue weighted by molar-refractivity contribution is 5.73. The van der Waals surface area contributed by atoms with E-state index in [-0.39, 0.29) is 12.2 Å². The molecule has 3 aromatic rings. The third-order valence-electron chi connectivity index (χ3n) is 5.74. The first-order valence-electron chi connectivity index (χ1n) is 11.6. The summed E-state index contributed by atoms with van der Waals surface area (Å²) in [6, 6.07) is 13.7. The zero-order valence-corrected chi connectivity index (χ0v) is 19.7. The maximum atomic E-state index is 14.6. The van der Waals surface area contributed by atoms with Crippen LogP contribution in [0.1, 0.15) is 18.9 Å². The fraction of sp³-hybridized carbons (Fsp3) is 0.308. The molecule has 1 aromatic heterocycles. The molecule has 1 aliphatic rings. The number of morpholine rings is 1. The van der Waals surface area contributed by atoms with E-state index < -0.39 is 35.5 Å². The van der Waals surface area contributed by atoms with Crippen LogP contribution in [0, 0.1) is 11.6 Å². The number of carboxylic acid groups (broad SMARTS) is 1. The van der Waals surface area contributed by atoms with Gasteiger partial charge in [-0.05, 0) is 41.3 Å². The number of rotatable bonds is 9. The number of anilines is 1. The van der Waals surface area contributed by atoms with Crippen LogP contribution < -0.4 is 20.1 Å². The van der Waals surface area contributed by atoms with Crippen LogP contribution in [0.2, 0.25) is 0 Å². The van der Waals surface area contributed by atoms with Gasteiger partial charge in [-0.25, -0.2) is 13.6 Å². The molecule has 1 atom stereocenters. The Morgan fingerprint density at radius 2 is 1.86 bits per heavy atom. The van der Waals surface area contributed by atoms with Crippen LogP contribution in [0.5, 0.6) is 17.5 Å². The number of hydrogen-bond acceptors (Lipinski definition) is 7. The maximum absolute atomic E-state index is 14.6. The topological polar surface area (TPSA) is 107 Å². The minimum absolute atomic E-state index is 0.0663. The molecule has 0 amide bonds. The highest BCUT2D eigenvalue weighted by Gasteiger charge is 2.23. The number of pyridine rings is 1. The van der Waals surface area contributed by atoms with Gasteiger partial charge in [-0.15, -0.1) is 0 Å². The van der Waals surface area contributed by atoms with Crippen LogP contribution in [0.25, 0.3) is 11.1 Å². The van der Waals surface area contributed by atoms with E-state index in [0.29, 0.717) is 38.9 Å². The Kier molecular flexibility index (Phi) is 7.97. The summed E-state index contributed by atoms with van der Waals surface area (Å²) in [6.07, 6.45) is -1.27. The minimum Gasteiger partial charge on any atom is -0.479 e. The smallest absolute Gasteiger partial charge is 0.344 e. The lowest BCUT2D eigenvalue weighted by Crippen LogP contribution is -2.36. The number of halogens is 2. The van der Waals surface area contributed by atoms with Gasteiger partial charge in [0.15, 0.2) is 17.7 Å². The summed E-state index contributed by atoms with van der Waals surface area (Å²) in [7, 11) is 0. The van der Waals surface area contributed by atoms with Crippen molar-refractivity contribution in [2.75, 3.05) is 31.2 Å². The van der Waals surface area contributed by atoms with Gasteiger partial charge < -0.3 is 30.0 Å². The fourth-order valence-corrected chi connectivity index (χ4v) is 3.83. The number of carbonyl (C=O) groups is 1. The fourth-order valence-electron chi connectivity index (χ4n) is 3.83. The van der Waals surface area contributed by atoms with Gasteiger partial charge in [0.05, 0.1) is 13.2 Å². The molecule has 2 heterocycles. The predicted molar refractivity (Wildman–Crippen MR) is 129 cm³/mol. The number of ether oxygens (including phenoxy) is 3. The molecule has 190 valence electrons. The number of nitrogens with two attached hydrogens (primary N) is 1. The predicted octanol–water partition coefficient (Wildman–Crippen LogP) is 4.36. The van der Waals surface area contributed by atoms with Gasteiger partial charge in [-0.1, -0.05) is 25.1 Å². The number of aromatic nitrogens is 1. The molecule has 0 radical (unpaired) electrons. The summed E-state index contributed by atoms with van der Waals surface area (Å²) in [4.78, 5) is 17.2. The van der Waals surface area contributed by atoms with Gasteiger partial charge in [0, 0.05) is 37.5 Å². The van der Waals surface area contributed by atoms with Crippen LogP contribution >= 0.6 is 0 Å². The molecule has 0 unspecified atom stereocenters. The zero-order valence-electron chi connectivity index (χ0n) is 19.7. The SMILES string of the molecule is CC[C@@H](Oc1nc(Oc2cc(-c3cccc(CN)c3)cc(N3CCOCC3)c2)c(F)cc1F)C(=O)O. The third kappa shape index (κ3) is 5.89. The van der Waals surface area contributed by atoms with Crippen molar-refractivity contribution in [1.82, 2.24) is 4.98 Å². The lowest BCUT2D eigenvalue weighted by molar-refractivity contribution is -0.145. The van der Waals surface area contributed by atoms with Gasteiger partial charge >= 0.3 is 5.97 Å². The number of nitrogens with zero attached hydrogens (tertiary/aromatic N) is 2. The van der Waals surface area contributed by atoms with Crippen molar-refractivity contribution >= 4 is 11.7 Å². The standard InChI is InChI=1S/C26H27F2N3O5/c1-2-23(26(32)33)36-25-22(28)14-21(27)24(30-25)35-20-12-18(17-5-3-4-16(10-17)15-29)11-19(13-20)31-6-8-34-9-7-31/h3-5,10-14,23H,2,6-9,15,29H2,1H3,(H,32,33)/t23-/m1/s1. The summed E-state index contributed by atoms with van der Waals surface area (Å²) >= 11 is 0. The van der Waals surface area contributed by atoms with E-state index in [1.807, 2.05) is 30.3 Å². The van der Waals surface area contributed by atoms with Gasteiger partial charge in [-0.2, -0.15) is 4.98 Å². The van der Waals surface area contributed by atoms with Crippen molar-refractivity contribution in [3.05, 3.63) is 65.7 Å². The van der Waals surface area contributed by atoms with Crippen LogP contribution in [0.4, 0.5) is 14.5 Å². The zero-order chi connectivity index (χ0) is 25.7. The Labute approximate surface area is 207 Å². The summed E-state index contributed by atoms with van der Waals surface area (Å²) < 4.78 is 45.3. The van der Waals surface area contributed by atoms with E-state index in [1.54, 1.807) is 19.1 Å². The van der Waals surface area contributed by atoms with Crippen LogP contribution in [-0.4, -0.2) is 48.5 Å².